The zero-order chi connectivity index (χ0) is 27.6. The summed E-state index contributed by atoms with van der Waals surface area (Å²) in [5, 5.41) is 29.9. The highest BCUT2D eigenvalue weighted by molar-refractivity contribution is 6.51. The maximum absolute atomic E-state index is 13.4. The fraction of sp³-hybridized carbons (Fsp3) is 0.0800. The van der Waals surface area contributed by atoms with E-state index in [1.165, 1.54) is 31.2 Å². The third-order valence-electron chi connectivity index (χ3n) is 5.64. The molecule has 1 aliphatic heterocycles. The number of carbonyl (C=O) groups excluding carboxylic acids is 4. The number of nitro groups is 2. The summed E-state index contributed by atoms with van der Waals surface area (Å²) in [6.45, 7) is 1.37. The summed E-state index contributed by atoms with van der Waals surface area (Å²) in [5.74, 6) is -5.32. The van der Waals surface area contributed by atoms with Gasteiger partial charge in [-0.1, -0.05) is 30.3 Å². The van der Waals surface area contributed by atoms with Crippen molar-refractivity contribution < 1.29 is 29.0 Å². The molecule has 1 atom stereocenters. The van der Waals surface area contributed by atoms with E-state index in [0.717, 1.165) is 12.1 Å². The zero-order valence-corrected chi connectivity index (χ0v) is 19.6. The van der Waals surface area contributed by atoms with Crippen LogP contribution in [0.1, 0.15) is 22.8 Å². The number of nitro benzene ring substituents is 2. The second kappa shape index (κ2) is 10.2. The Kier molecular flexibility index (Phi) is 6.83. The van der Waals surface area contributed by atoms with Crippen LogP contribution in [0.5, 0.6) is 0 Å². The number of anilines is 2. The number of nitrogens with zero attached hydrogens (tertiary/aromatic N) is 4. The van der Waals surface area contributed by atoms with Crippen molar-refractivity contribution in [3.8, 4) is 0 Å². The first-order valence-corrected chi connectivity index (χ1v) is 11.0. The minimum absolute atomic E-state index is 0.129. The number of hydrazone groups is 1. The van der Waals surface area contributed by atoms with Crippen molar-refractivity contribution in [1.29, 1.82) is 0 Å². The van der Waals surface area contributed by atoms with Crippen LogP contribution in [0.3, 0.4) is 0 Å². The first-order valence-electron chi connectivity index (χ1n) is 11.0. The Balaban J connectivity index is 1.72. The van der Waals surface area contributed by atoms with Crippen LogP contribution < -0.4 is 10.3 Å². The van der Waals surface area contributed by atoms with Crippen molar-refractivity contribution in [2.24, 2.45) is 11.0 Å². The molecular weight excluding hydrogens is 498 g/mol. The standard InChI is InChI=1S/C25H17N5O8/c1-14(31)15-7-9-17(10-8-15)26-24(33)23(32)21-22(16-5-3-2-4-6-16)27-28(25(21)34)19-12-11-18(29(35)36)13-20(19)30(37)38/h2-13,21H,1H3,(H,26,33)/t21-/m0/s1. The minimum Gasteiger partial charge on any atom is -0.319 e. The van der Waals surface area contributed by atoms with Gasteiger partial charge in [0.2, 0.25) is 5.78 Å². The van der Waals surface area contributed by atoms with Crippen LogP contribution in [0.4, 0.5) is 22.7 Å². The molecule has 1 aliphatic rings. The number of ketones is 2. The van der Waals surface area contributed by atoms with Crippen molar-refractivity contribution in [3.63, 3.8) is 0 Å². The van der Waals surface area contributed by atoms with Crippen molar-refractivity contribution in [2.75, 3.05) is 10.3 Å². The first-order chi connectivity index (χ1) is 18.1. The summed E-state index contributed by atoms with van der Waals surface area (Å²) in [5.41, 5.74) is -1.01. The maximum atomic E-state index is 13.4. The quantitative estimate of drug-likeness (QED) is 0.156. The van der Waals surface area contributed by atoms with E-state index in [2.05, 4.69) is 10.4 Å². The lowest BCUT2D eigenvalue weighted by molar-refractivity contribution is -0.393. The van der Waals surface area contributed by atoms with Crippen LogP contribution in [-0.4, -0.2) is 38.9 Å². The predicted octanol–water partition coefficient (Wildman–Crippen LogP) is 3.28. The van der Waals surface area contributed by atoms with E-state index in [4.69, 9.17) is 0 Å². The summed E-state index contributed by atoms with van der Waals surface area (Å²) >= 11 is 0. The third kappa shape index (κ3) is 4.88. The fourth-order valence-corrected chi connectivity index (χ4v) is 3.76. The van der Waals surface area contributed by atoms with Crippen LogP contribution >= 0.6 is 0 Å². The summed E-state index contributed by atoms with van der Waals surface area (Å²) in [6, 6.07) is 16.3. The second-order valence-corrected chi connectivity index (χ2v) is 8.07. The van der Waals surface area contributed by atoms with Crippen molar-refractivity contribution in [3.05, 3.63) is 104 Å². The smallest absolute Gasteiger partial charge is 0.301 e. The molecule has 13 nitrogen and oxygen atoms in total. The number of carbonyl (C=O) groups is 4. The molecule has 1 heterocycles. The lowest BCUT2D eigenvalue weighted by Gasteiger charge is -2.14. The van der Waals surface area contributed by atoms with E-state index in [1.807, 2.05) is 0 Å². The molecule has 0 spiro atoms. The molecule has 0 unspecified atom stereocenters. The Morgan fingerprint density at radius 3 is 2.16 bits per heavy atom. The number of hydrogen-bond acceptors (Lipinski definition) is 9. The van der Waals surface area contributed by atoms with Crippen LogP contribution in [-0.2, 0) is 14.4 Å². The Morgan fingerprint density at radius 1 is 0.921 bits per heavy atom. The predicted molar refractivity (Wildman–Crippen MR) is 134 cm³/mol. The molecule has 0 bridgehead atoms. The number of hydrogen-bond donors (Lipinski definition) is 1. The van der Waals surface area contributed by atoms with E-state index in [-0.39, 0.29) is 17.2 Å². The molecule has 0 fully saturated rings. The number of amides is 2. The van der Waals surface area contributed by atoms with E-state index < -0.39 is 50.4 Å². The summed E-state index contributed by atoms with van der Waals surface area (Å²) < 4.78 is 0. The minimum atomic E-state index is -1.75. The van der Waals surface area contributed by atoms with Gasteiger partial charge in [0.25, 0.3) is 17.5 Å². The van der Waals surface area contributed by atoms with Crippen LogP contribution in [0.2, 0.25) is 0 Å². The van der Waals surface area contributed by atoms with Crippen LogP contribution in [0, 0.1) is 26.1 Å². The van der Waals surface area contributed by atoms with Gasteiger partial charge >= 0.3 is 5.69 Å². The number of nitrogens with one attached hydrogen (secondary N) is 1. The average molecular weight is 515 g/mol. The monoisotopic (exact) mass is 515 g/mol. The molecule has 0 saturated heterocycles. The van der Waals surface area contributed by atoms with Gasteiger partial charge in [-0.3, -0.25) is 39.4 Å². The van der Waals surface area contributed by atoms with Gasteiger partial charge in [-0.25, -0.2) is 0 Å². The average Bonchev–Trinajstić information content (AvgIpc) is 3.25. The van der Waals surface area contributed by atoms with E-state index in [1.54, 1.807) is 30.3 Å². The third-order valence-corrected chi connectivity index (χ3v) is 5.64. The Labute approximate surface area is 213 Å². The molecular formula is C25H17N5O8. The van der Waals surface area contributed by atoms with Crippen LogP contribution in [0.15, 0.2) is 77.9 Å². The Morgan fingerprint density at radius 2 is 1.58 bits per heavy atom. The molecule has 3 aromatic carbocycles. The normalized spacial score (nSPS) is 14.6. The van der Waals surface area contributed by atoms with Gasteiger partial charge in [0.1, 0.15) is 5.69 Å². The number of Topliss-reactive ketones (excluding diaryl/α,β-unsaturated/α-hetero) is 2. The topological polar surface area (TPSA) is 182 Å². The number of benzene rings is 3. The Bertz CT molecular complexity index is 1530. The van der Waals surface area contributed by atoms with Gasteiger partial charge in [-0.2, -0.15) is 10.1 Å². The molecule has 1 N–H and O–H groups in total. The van der Waals surface area contributed by atoms with Crippen LogP contribution in [0.25, 0.3) is 0 Å². The van der Waals surface area contributed by atoms with Gasteiger partial charge in [0.05, 0.1) is 21.6 Å². The molecule has 0 aliphatic carbocycles. The van der Waals surface area contributed by atoms with Crippen molar-refractivity contribution >= 4 is 51.8 Å². The highest BCUT2D eigenvalue weighted by Gasteiger charge is 2.46. The molecule has 13 heteroatoms. The summed E-state index contributed by atoms with van der Waals surface area (Å²) in [4.78, 5) is 72.0. The highest BCUT2D eigenvalue weighted by atomic mass is 16.6. The Hall–Kier alpha value is -5.59. The van der Waals surface area contributed by atoms with Crippen molar-refractivity contribution in [2.45, 2.75) is 6.92 Å². The lowest BCUT2D eigenvalue weighted by atomic mass is 9.92. The molecule has 3 aromatic rings. The second-order valence-electron chi connectivity index (χ2n) is 8.07. The molecule has 0 aromatic heterocycles. The summed E-state index contributed by atoms with van der Waals surface area (Å²) in [6.07, 6.45) is 0. The van der Waals surface area contributed by atoms with Gasteiger partial charge in [0, 0.05) is 17.3 Å². The number of non-ortho nitro benzene ring substituents is 1. The summed E-state index contributed by atoms with van der Waals surface area (Å²) in [7, 11) is 0. The largest absolute Gasteiger partial charge is 0.319 e. The molecule has 2 amide bonds. The van der Waals surface area contributed by atoms with Gasteiger partial charge < -0.3 is 5.32 Å². The zero-order valence-electron chi connectivity index (χ0n) is 19.6. The molecule has 190 valence electrons. The van der Waals surface area contributed by atoms with Gasteiger partial charge in [-0.05, 0) is 42.8 Å². The van der Waals surface area contributed by atoms with Gasteiger partial charge in [-0.15, -0.1) is 0 Å². The first kappa shape index (κ1) is 25.5. The SMILES string of the molecule is CC(=O)c1ccc(NC(=O)C(=O)[C@H]2C(=O)N(c3ccc([N+](=O)[O-])cc3[N+](=O)[O-])N=C2c2ccccc2)cc1. The molecule has 0 radical (unpaired) electrons. The molecule has 4 rings (SSSR count). The fourth-order valence-electron chi connectivity index (χ4n) is 3.76. The number of rotatable bonds is 8. The van der Waals surface area contributed by atoms with E-state index >= 15 is 0 Å². The van der Waals surface area contributed by atoms with Gasteiger partial charge in [0.15, 0.2) is 11.7 Å². The molecule has 0 saturated carbocycles. The maximum Gasteiger partial charge on any atom is 0.301 e. The molecule has 38 heavy (non-hydrogen) atoms. The van der Waals surface area contributed by atoms with Crippen molar-refractivity contribution in [1.82, 2.24) is 0 Å². The lowest BCUT2D eigenvalue weighted by Crippen LogP contribution is -2.39. The highest BCUT2D eigenvalue weighted by Crippen LogP contribution is 2.36. The van der Waals surface area contributed by atoms with E-state index in [0.29, 0.717) is 22.2 Å². The van der Waals surface area contributed by atoms with E-state index in [9.17, 15) is 39.4 Å².